The van der Waals surface area contributed by atoms with Gasteiger partial charge in [0.1, 0.15) is 5.84 Å². The van der Waals surface area contributed by atoms with E-state index < -0.39 is 0 Å². The van der Waals surface area contributed by atoms with Gasteiger partial charge >= 0.3 is 0 Å². The van der Waals surface area contributed by atoms with Crippen LogP contribution >= 0.6 is 0 Å². The van der Waals surface area contributed by atoms with Gasteiger partial charge in [0.15, 0.2) is 0 Å². The minimum Gasteiger partial charge on any atom is -0.386 e. The Balaban J connectivity index is 2.01. The number of rotatable bonds is 3. The summed E-state index contributed by atoms with van der Waals surface area (Å²) in [7, 11) is 0. The standard InChI is InChI=1S/C15H17N5/c1-2-20-10-12(9-17-20)15-13(8-14(16)18-19-15)11-6-4-3-5-7-11/h3-7,9-10,13H,2,8H2,1H3,(H2,16,18). The second-order valence-corrected chi connectivity index (χ2v) is 4.83. The van der Waals surface area contributed by atoms with E-state index in [1.807, 2.05) is 35.3 Å². The Labute approximate surface area is 117 Å². The van der Waals surface area contributed by atoms with Gasteiger partial charge in [-0.05, 0) is 12.5 Å². The van der Waals surface area contributed by atoms with Crippen LogP contribution in [0.4, 0.5) is 0 Å². The molecule has 0 bridgehead atoms. The molecule has 3 rings (SSSR count). The molecule has 1 aliphatic heterocycles. The van der Waals surface area contributed by atoms with Gasteiger partial charge in [-0.15, -0.1) is 5.10 Å². The second kappa shape index (κ2) is 5.28. The van der Waals surface area contributed by atoms with Crippen molar-refractivity contribution in [3.63, 3.8) is 0 Å². The average Bonchev–Trinajstić information content (AvgIpc) is 2.97. The highest BCUT2D eigenvalue weighted by Crippen LogP contribution is 2.27. The van der Waals surface area contributed by atoms with Crippen molar-refractivity contribution in [3.8, 4) is 0 Å². The van der Waals surface area contributed by atoms with E-state index in [0.717, 1.165) is 17.8 Å². The van der Waals surface area contributed by atoms with E-state index in [-0.39, 0.29) is 5.92 Å². The van der Waals surface area contributed by atoms with E-state index in [1.54, 1.807) is 0 Å². The smallest absolute Gasteiger partial charge is 0.123 e. The Kier molecular flexibility index (Phi) is 3.33. The predicted molar refractivity (Wildman–Crippen MR) is 79.9 cm³/mol. The molecule has 0 spiro atoms. The van der Waals surface area contributed by atoms with Crippen LogP contribution in [-0.4, -0.2) is 21.3 Å². The van der Waals surface area contributed by atoms with Crippen molar-refractivity contribution in [2.24, 2.45) is 15.9 Å². The SMILES string of the molecule is CCn1cc(C2=NN=C(N)CC2c2ccccc2)cn1. The number of benzene rings is 1. The summed E-state index contributed by atoms with van der Waals surface area (Å²) in [6.45, 7) is 2.90. The number of hydrogen-bond donors (Lipinski definition) is 1. The highest BCUT2D eigenvalue weighted by Gasteiger charge is 2.25. The quantitative estimate of drug-likeness (QED) is 0.925. The van der Waals surface area contributed by atoms with Crippen molar-refractivity contribution in [2.45, 2.75) is 25.8 Å². The predicted octanol–water partition coefficient (Wildman–Crippen LogP) is 2.15. The fourth-order valence-corrected chi connectivity index (χ4v) is 2.42. The van der Waals surface area contributed by atoms with Gasteiger partial charge in [-0.2, -0.15) is 10.2 Å². The molecule has 2 heterocycles. The van der Waals surface area contributed by atoms with Gasteiger partial charge in [0.05, 0.1) is 11.9 Å². The van der Waals surface area contributed by atoms with Crippen molar-refractivity contribution in [2.75, 3.05) is 0 Å². The van der Waals surface area contributed by atoms with Gasteiger partial charge < -0.3 is 5.73 Å². The molecular formula is C15H17N5. The molecule has 2 aromatic rings. The van der Waals surface area contributed by atoms with Crippen LogP contribution in [-0.2, 0) is 6.54 Å². The largest absolute Gasteiger partial charge is 0.386 e. The van der Waals surface area contributed by atoms with Gasteiger partial charge in [0.25, 0.3) is 0 Å². The molecule has 1 unspecified atom stereocenters. The number of amidine groups is 1. The summed E-state index contributed by atoms with van der Waals surface area (Å²) in [5.41, 5.74) is 9.00. The third-order valence-corrected chi connectivity index (χ3v) is 3.48. The highest BCUT2D eigenvalue weighted by molar-refractivity contribution is 6.08. The van der Waals surface area contributed by atoms with Crippen LogP contribution in [0.1, 0.15) is 30.4 Å². The monoisotopic (exact) mass is 267 g/mol. The molecule has 5 nitrogen and oxygen atoms in total. The van der Waals surface area contributed by atoms with Crippen molar-refractivity contribution in [1.29, 1.82) is 0 Å². The Hall–Kier alpha value is -2.43. The lowest BCUT2D eigenvalue weighted by molar-refractivity contribution is 0.659. The highest BCUT2D eigenvalue weighted by atomic mass is 15.3. The van der Waals surface area contributed by atoms with Crippen LogP contribution in [0.2, 0.25) is 0 Å². The maximum Gasteiger partial charge on any atom is 0.123 e. The van der Waals surface area contributed by atoms with Gasteiger partial charge in [-0.25, -0.2) is 0 Å². The molecule has 0 saturated heterocycles. The van der Waals surface area contributed by atoms with Crippen LogP contribution in [0.5, 0.6) is 0 Å². The summed E-state index contributed by atoms with van der Waals surface area (Å²) in [6, 6.07) is 10.3. The van der Waals surface area contributed by atoms with Crippen LogP contribution in [0.25, 0.3) is 0 Å². The van der Waals surface area contributed by atoms with E-state index in [9.17, 15) is 0 Å². The lowest BCUT2D eigenvalue weighted by Gasteiger charge is -2.20. The lowest BCUT2D eigenvalue weighted by Crippen LogP contribution is -2.25. The first-order valence-electron chi connectivity index (χ1n) is 6.75. The molecule has 1 aromatic carbocycles. The Morgan fingerprint density at radius 1 is 1.25 bits per heavy atom. The molecule has 0 fully saturated rings. The summed E-state index contributed by atoms with van der Waals surface area (Å²) >= 11 is 0. The van der Waals surface area contributed by atoms with E-state index in [2.05, 4.69) is 34.4 Å². The molecule has 0 amide bonds. The molecule has 2 N–H and O–H groups in total. The molecule has 5 heteroatoms. The van der Waals surface area contributed by atoms with Crippen molar-refractivity contribution in [3.05, 3.63) is 53.9 Å². The third-order valence-electron chi connectivity index (χ3n) is 3.48. The van der Waals surface area contributed by atoms with Crippen LogP contribution in [0.3, 0.4) is 0 Å². The zero-order valence-electron chi connectivity index (χ0n) is 11.4. The molecule has 1 aromatic heterocycles. The van der Waals surface area contributed by atoms with E-state index in [0.29, 0.717) is 12.3 Å². The van der Waals surface area contributed by atoms with Gasteiger partial charge in [0.2, 0.25) is 0 Å². The molecule has 0 aliphatic carbocycles. The first kappa shape index (κ1) is 12.6. The maximum absolute atomic E-state index is 5.86. The topological polar surface area (TPSA) is 68.6 Å². The van der Waals surface area contributed by atoms with Crippen molar-refractivity contribution >= 4 is 11.5 Å². The van der Waals surface area contributed by atoms with Gasteiger partial charge in [-0.1, -0.05) is 30.3 Å². The average molecular weight is 267 g/mol. The van der Waals surface area contributed by atoms with E-state index >= 15 is 0 Å². The number of hydrogen-bond acceptors (Lipinski definition) is 4. The first-order valence-corrected chi connectivity index (χ1v) is 6.75. The first-order chi connectivity index (χ1) is 9.78. The third kappa shape index (κ3) is 2.34. The molecular weight excluding hydrogens is 250 g/mol. The summed E-state index contributed by atoms with van der Waals surface area (Å²) in [5, 5.41) is 12.7. The zero-order valence-corrected chi connectivity index (χ0v) is 11.4. The van der Waals surface area contributed by atoms with Gasteiger partial charge in [0, 0.05) is 30.6 Å². The Morgan fingerprint density at radius 2 is 2.05 bits per heavy atom. The Bertz CT molecular complexity index is 654. The minimum atomic E-state index is 0.142. The molecule has 0 saturated carbocycles. The molecule has 1 atom stereocenters. The maximum atomic E-state index is 5.86. The van der Waals surface area contributed by atoms with E-state index in [4.69, 9.17) is 5.73 Å². The fourth-order valence-electron chi connectivity index (χ4n) is 2.42. The zero-order chi connectivity index (χ0) is 13.9. The van der Waals surface area contributed by atoms with Gasteiger partial charge in [-0.3, -0.25) is 4.68 Å². The van der Waals surface area contributed by atoms with E-state index in [1.165, 1.54) is 5.56 Å². The van der Waals surface area contributed by atoms with Crippen molar-refractivity contribution < 1.29 is 0 Å². The van der Waals surface area contributed by atoms with Crippen LogP contribution in [0, 0.1) is 0 Å². The molecule has 1 aliphatic rings. The molecule has 102 valence electrons. The van der Waals surface area contributed by atoms with Crippen LogP contribution in [0.15, 0.2) is 52.9 Å². The summed E-state index contributed by atoms with van der Waals surface area (Å²) < 4.78 is 1.89. The second-order valence-electron chi connectivity index (χ2n) is 4.83. The number of nitrogens with two attached hydrogens (primary N) is 1. The number of aryl methyl sites for hydroxylation is 1. The number of nitrogens with zero attached hydrogens (tertiary/aromatic N) is 4. The summed E-state index contributed by atoms with van der Waals surface area (Å²) in [4.78, 5) is 0. The minimum absolute atomic E-state index is 0.142. The summed E-state index contributed by atoms with van der Waals surface area (Å²) in [5.74, 6) is 0.716. The van der Waals surface area contributed by atoms with Crippen molar-refractivity contribution in [1.82, 2.24) is 9.78 Å². The molecule has 20 heavy (non-hydrogen) atoms. The molecule has 0 radical (unpaired) electrons. The normalized spacial score (nSPS) is 18.6. The fraction of sp³-hybridized carbons (Fsp3) is 0.267. The summed E-state index contributed by atoms with van der Waals surface area (Å²) in [6.07, 6.45) is 4.54. The lowest BCUT2D eigenvalue weighted by atomic mass is 9.87. The Morgan fingerprint density at radius 3 is 2.75 bits per heavy atom. The van der Waals surface area contributed by atoms with Crippen LogP contribution < -0.4 is 5.73 Å². The number of aromatic nitrogens is 2.